The number of nitrogens with zero attached hydrogens (tertiary/aromatic N) is 2. The summed E-state index contributed by atoms with van der Waals surface area (Å²) in [6.45, 7) is 3.77. The number of pyridine rings is 1. The molecule has 6 rings (SSSR count). The smallest absolute Gasteiger partial charge is 0.221 e. The zero-order chi connectivity index (χ0) is 17.7. The molecule has 1 aromatic heterocycles. The molecule has 2 aliphatic carbocycles. The van der Waals surface area contributed by atoms with Crippen molar-refractivity contribution in [2.24, 2.45) is 17.8 Å². The molecule has 4 bridgehead atoms. The number of nitrogens with one attached hydrogen (secondary N) is 1. The van der Waals surface area contributed by atoms with Crippen LogP contribution in [0.1, 0.15) is 44.7 Å². The molecule has 2 saturated carbocycles. The first-order valence-electron chi connectivity index (χ1n) is 10.0. The Morgan fingerprint density at radius 1 is 1.08 bits per heavy atom. The van der Waals surface area contributed by atoms with Gasteiger partial charge in [-0.05, 0) is 74.1 Å². The SMILES string of the molecule is CC(=O)Nc1ccc2nc(CN3CC4CC5CC(C4)CC3C5)ccc2c1. The van der Waals surface area contributed by atoms with Crippen LogP contribution >= 0.6 is 0 Å². The molecule has 2 aromatic rings. The number of carbonyl (C=O) groups is 1. The molecular formula is C22H27N3O. The highest BCUT2D eigenvalue weighted by molar-refractivity contribution is 5.92. The van der Waals surface area contributed by atoms with Gasteiger partial charge in [0.05, 0.1) is 11.2 Å². The fourth-order valence-corrected chi connectivity index (χ4v) is 5.82. The number of hydrogen-bond acceptors (Lipinski definition) is 3. The highest BCUT2D eigenvalue weighted by atomic mass is 16.1. The second kappa shape index (κ2) is 6.34. The molecule has 2 aliphatic heterocycles. The van der Waals surface area contributed by atoms with Crippen LogP contribution in [0, 0.1) is 17.8 Å². The molecule has 26 heavy (non-hydrogen) atoms. The molecule has 136 valence electrons. The van der Waals surface area contributed by atoms with Crippen molar-refractivity contribution in [3.05, 3.63) is 36.0 Å². The molecule has 3 heterocycles. The molecule has 4 heteroatoms. The third-order valence-corrected chi connectivity index (χ3v) is 6.65. The Hall–Kier alpha value is -1.94. The predicted octanol–water partition coefficient (Wildman–Crippen LogP) is 4.20. The summed E-state index contributed by atoms with van der Waals surface area (Å²) in [5.41, 5.74) is 3.02. The molecule has 0 radical (unpaired) electrons. The van der Waals surface area contributed by atoms with E-state index in [2.05, 4.69) is 22.3 Å². The van der Waals surface area contributed by atoms with Crippen LogP contribution in [0.25, 0.3) is 10.9 Å². The fourth-order valence-electron chi connectivity index (χ4n) is 5.82. The van der Waals surface area contributed by atoms with Gasteiger partial charge in [0.25, 0.3) is 0 Å². The molecular weight excluding hydrogens is 322 g/mol. The van der Waals surface area contributed by atoms with E-state index in [4.69, 9.17) is 4.98 Å². The van der Waals surface area contributed by atoms with Gasteiger partial charge >= 0.3 is 0 Å². The van der Waals surface area contributed by atoms with Crippen LogP contribution in [-0.4, -0.2) is 28.4 Å². The first-order valence-corrected chi connectivity index (χ1v) is 10.0. The van der Waals surface area contributed by atoms with E-state index in [0.717, 1.165) is 46.9 Å². The topological polar surface area (TPSA) is 45.2 Å². The Bertz CT molecular complexity index is 834. The Morgan fingerprint density at radius 2 is 1.85 bits per heavy atom. The van der Waals surface area contributed by atoms with Gasteiger partial charge in [-0.1, -0.05) is 6.07 Å². The lowest BCUT2D eigenvalue weighted by Gasteiger charge is -2.39. The number of aromatic nitrogens is 1. The third-order valence-electron chi connectivity index (χ3n) is 6.65. The summed E-state index contributed by atoms with van der Waals surface area (Å²) < 4.78 is 0. The molecule has 0 spiro atoms. The van der Waals surface area contributed by atoms with Gasteiger partial charge < -0.3 is 5.32 Å². The van der Waals surface area contributed by atoms with Crippen molar-refractivity contribution in [3.8, 4) is 0 Å². The number of rotatable bonds is 3. The van der Waals surface area contributed by atoms with E-state index in [0.29, 0.717) is 0 Å². The molecule has 4 nitrogen and oxygen atoms in total. The summed E-state index contributed by atoms with van der Waals surface area (Å²) in [7, 11) is 0. The standard InChI is InChI=1S/C22H27N3O/c1-14(26)23-19-4-5-22-18(11-19)2-3-20(24-22)13-25-12-17-7-15-6-16(8-17)10-21(25)9-15/h2-5,11,15-17,21H,6-10,12-13H2,1H3,(H,23,26). The Labute approximate surface area is 155 Å². The van der Waals surface area contributed by atoms with Crippen molar-refractivity contribution in [3.63, 3.8) is 0 Å². The number of anilines is 1. The van der Waals surface area contributed by atoms with E-state index < -0.39 is 0 Å². The lowest BCUT2D eigenvalue weighted by Crippen LogP contribution is -2.37. The van der Waals surface area contributed by atoms with Crippen LogP contribution in [0.3, 0.4) is 0 Å². The average molecular weight is 349 g/mol. The maximum Gasteiger partial charge on any atom is 0.221 e. The van der Waals surface area contributed by atoms with E-state index in [-0.39, 0.29) is 5.91 Å². The predicted molar refractivity (Wildman–Crippen MR) is 104 cm³/mol. The van der Waals surface area contributed by atoms with Gasteiger partial charge in [0.2, 0.25) is 5.91 Å². The summed E-state index contributed by atoms with van der Waals surface area (Å²) in [4.78, 5) is 18.9. The van der Waals surface area contributed by atoms with E-state index in [9.17, 15) is 4.79 Å². The first kappa shape index (κ1) is 16.2. The fraction of sp³-hybridized carbons (Fsp3) is 0.545. The van der Waals surface area contributed by atoms with Crippen LogP contribution < -0.4 is 5.32 Å². The first-order chi connectivity index (χ1) is 12.6. The van der Waals surface area contributed by atoms with Crippen LogP contribution in [0.15, 0.2) is 30.3 Å². The normalized spacial score (nSPS) is 30.5. The summed E-state index contributed by atoms with van der Waals surface area (Å²) in [6.07, 6.45) is 7.22. The van der Waals surface area contributed by atoms with Gasteiger partial charge in [0.15, 0.2) is 0 Å². The molecule has 2 unspecified atom stereocenters. The van der Waals surface area contributed by atoms with Gasteiger partial charge in [-0.25, -0.2) is 0 Å². The average Bonchev–Trinajstić information content (AvgIpc) is 2.78. The summed E-state index contributed by atoms with van der Waals surface area (Å²) >= 11 is 0. The van der Waals surface area contributed by atoms with Gasteiger partial charge in [0.1, 0.15) is 0 Å². The second-order valence-electron chi connectivity index (χ2n) is 8.75. The van der Waals surface area contributed by atoms with Gasteiger partial charge in [-0.15, -0.1) is 0 Å². The van der Waals surface area contributed by atoms with Crippen LogP contribution in [0.2, 0.25) is 0 Å². The highest BCUT2D eigenvalue weighted by Gasteiger charge is 2.42. The lowest BCUT2D eigenvalue weighted by molar-refractivity contribution is -0.114. The summed E-state index contributed by atoms with van der Waals surface area (Å²) in [5, 5.41) is 3.92. The highest BCUT2D eigenvalue weighted by Crippen LogP contribution is 2.47. The van der Waals surface area contributed by atoms with Crippen LogP contribution in [0.5, 0.6) is 0 Å². The molecule has 1 N–H and O–H groups in total. The van der Waals surface area contributed by atoms with E-state index in [1.807, 2.05) is 18.2 Å². The molecule has 4 aliphatic rings. The zero-order valence-corrected chi connectivity index (χ0v) is 15.4. The molecule has 1 aromatic carbocycles. The maximum atomic E-state index is 11.2. The quantitative estimate of drug-likeness (QED) is 0.903. The summed E-state index contributed by atoms with van der Waals surface area (Å²) in [6, 6.07) is 11.0. The second-order valence-corrected chi connectivity index (χ2v) is 8.75. The Balaban J connectivity index is 1.37. The molecule has 1 amide bonds. The van der Waals surface area contributed by atoms with Crippen molar-refractivity contribution in [1.29, 1.82) is 0 Å². The summed E-state index contributed by atoms with van der Waals surface area (Å²) in [5.74, 6) is 2.84. The largest absolute Gasteiger partial charge is 0.326 e. The van der Waals surface area contributed by atoms with E-state index in [1.54, 1.807) is 0 Å². The maximum absolute atomic E-state index is 11.2. The lowest BCUT2D eigenvalue weighted by atomic mass is 9.68. The van der Waals surface area contributed by atoms with Crippen molar-refractivity contribution < 1.29 is 4.79 Å². The van der Waals surface area contributed by atoms with E-state index in [1.165, 1.54) is 51.3 Å². The Kier molecular flexibility index (Phi) is 3.96. The number of hydrogen-bond donors (Lipinski definition) is 1. The number of amides is 1. The molecule has 2 saturated heterocycles. The van der Waals surface area contributed by atoms with Crippen molar-refractivity contribution in [2.75, 3.05) is 11.9 Å². The van der Waals surface area contributed by atoms with Gasteiger partial charge in [-0.2, -0.15) is 0 Å². The molecule has 4 fully saturated rings. The third kappa shape index (κ3) is 3.11. The minimum Gasteiger partial charge on any atom is -0.326 e. The number of fused-ring (bicyclic) bond motifs is 2. The zero-order valence-electron chi connectivity index (χ0n) is 15.4. The van der Waals surface area contributed by atoms with E-state index >= 15 is 0 Å². The monoisotopic (exact) mass is 349 g/mol. The molecule has 2 atom stereocenters. The van der Waals surface area contributed by atoms with Crippen molar-refractivity contribution in [1.82, 2.24) is 9.88 Å². The van der Waals surface area contributed by atoms with Crippen molar-refractivity contribution >= 4 is 22.5 Å². The Morgan fingerprint density at radius 3 is 2.62 bits per heavy atom. The van der Waals surface area contributed by atoms with Gasteiger partial charge in [-0.3, -0.25) is 14.7 Å². The van der Waals surface area contributed by atoms with Crippen molar-refractivity contribution in [2.45, 2.75) is 51.6 Å². The number of benzene rings is 1. The van der Waals surface area contributed by atoms with Gasteiger partial charge in [0, 0.05) is 37.1 Å². The minimum atomic E-state index is -0.0424. The minimum absolute atomic E-state index is 0.0424. The van der Waals surface area contributed by atoms with Crippen LogP contribution in [0.4, 0.5) is 5.69 Å². The van der Waals surface area contributed by atoms with Crippen LogP contribution in [-0.2, 0) is 11.3 Å². The number of carbonyl (C=O) groups excluding carboxylic acids is 1.